The van der Waals surface area contributed by atoms with Gasteiger partial charge in [-0.05, 0) is 6.07 Å². The first-order valence-electron chi connectivity index (χ1n) is 5.83. The van der Waals surface area contributed by atoms with Gasteiger partial charge in [0.25, 0.3) is 5.56 Å². The lowest BCUT2D eigenvalue weighted by molar-refractivity contribution is 0.0698. The van der Waals surface area contributed by atoms with Crippen LogP contribution in [-0.2, 0) is 16.4 Å². The van der Waals surface area contributed by atoms with Crippen molar-refractivity contribution in [3.05, 3.63) is 46.2 Å². The lowest BCUT2D eigenvalue weighted by Crippen LogP contribution is -2.25. The van der Waals surface area contributed by atoms with Crippen LogP contribution in [0.2, 0.25) is 0 Å². The molecule has 6 nitrogen and oxygen atoms in total. The predicted molar refractivity (Wildman–Crippen MR) is 74.9 cm³/mol. The Labute approximate surface area is 115 Å². The van der Waals surface area contributed by atoms with Gasteiger partial charge in [-0.2, -0.15) is 0 Å². The molecule has 0 saturated heterocycles. The van der Waals surface area contributed by atoms with Gasteiger partial charge in [0.1, 0.15) is 9.84 Å². The van der Waals surface area contributed by atoms with Crippen LogP contribution in [0.25, 0.3) is 10.9 Å². The normalized spacial score (nSPS) is 11.7. The lowest BCUT2D eigenvalue weighted by Gasteiger charge is -2.11. The zero-order chi connectivity index (χ0) is 14.9. The molecular weight excluding hydrogens is 282 g/mol. The van der Waals surface area contributed by atoms with Crippen molar-refractivity contribution in [2.24, 2.45) is 0 Å². The third kappa shape index (κ3) is 2.88. The van der Waals surface area contributed by atoms with Crippen LogP contribution in [0.15, 0.2) is 35.1 Å². The highest BCUT2D eigenvalue weighted by atomic mass is 32.2. The summed E-state index contributed by atoms with van der Waals surface area (Å²) in [6, 6.07) is 7.55. The Kier molecular flexibility index (Phi) is 3.63. The third-order valence-electron chi connectivity index (χ3n) is 2.93. The van der Waals surface area contributed by atoms with Crippen LogP contribution >= 0.6 is 0 Å². The van der Waals surface area contributed by atoms with Gasteiger partial charge in [0, 0.05) is 24.3 Å². The van der Waals surface area contributed by atoms with Gasteiger partial charge in [-0.1, -0.05) is 18.2 Å². The van der Waals surface area contributed by atoms with Crippen LogP contribution in [0.5, 0.6) is 0 Å². The van der Waals surface area contributed by atoms with Crippen LogP contribution < -0.4 is 5.56 Å². The van der Waals surface area contributed by atoms with Gasteiger partial charge < -0.3 is 9.67 Å². The zero-order valence-corrected chi connectivity index (χ0v) is 11.6. The highest BCUT2D eigenvalue weighted by Crippen LogP contribution is 2.16. The minimum Gasteiger partial charge on any atom is -0.478 e. The molecule has 2 aromatic rings. The molecule has 0 fully saturated rings. The Morgan fingerprint density at radius 1 is 1.30 bits per heavy atom. The second kappa shape index (κ2) is 5.09. The summed E-state index contributed by atoms with van der Waals surface area (Å²) in [6.07, 6.45) is 1.09. The van der Waals surface area contributed by atoms with Gasteiger partial charge in [-0.15, -0.1) is 0 Å². The number of sulfone groups is 1. The standard InChI is InChI=1S/C13H13NO5S/c1-20(18,19)7-6-14-11-5-3-2-4-9(11)10(13(16)17)8-12(14)15/h2-5,8H,6-7H2,1H3,(H,16,17). The molecule has 0 aliphatic carbocycles. The molecule has 0 unspecified atom stereocenters. The van der Waals surface area contributed by atoms with Gasteiger partial charge in [0.15, 0.2) is 0 Å². The van der Waals surface area contributed by atoms with Crippen molar-refractivity contribution in [2.45, 2.75) is 6.54 Å². The van der Waals surface area contributed by atoms with Crippen LogP contribution in [-0.4, -0.2) is 36.1 Å². The van der Waals surface area contributed by atoms with Gasteiger partial charge in [0.05, 0.1) is 16.8 Å². The molecule has 2 rings (SSSR count). The Bertz CT molecular complexity index is 835. The number of fused-ring (bicyclic) bond motifs is 1. The summed E-state index contributed by atoms with van der Waals surface area (Å²) in [5.41, 5.74) is -0.188. The summed E-state index contributed by atoms with van der Waals surface area (Å²) < 4.78 is 23.7. The van der Waals surface area contributed by atoms with Gasteiger partial charge in [0.2, 0.25) is 0 Å². The molecule has 0 amide bonds. The molecule has 0 atom stereocenters. The molecule has 7 heteroatoms. The maximum absolute atomic E-state index is 12.0. The Hall–Kier alpha value is -2.15. The molecule has 0 radical (unpaired) electrons. The molecule has 106 valence electrons. The predicted octanol–water partition coefficient (Wildman–Crippen LogP) is 0.744. The molecule has 20 heavy (non-hydrogen) atoms. The lowest BCUT2D eigenvalue weighted by atomic mass is 10.1. The van der Waals surface area contributed by atoms with E-state index in [4.69, 9.17) is 5.11 Å². The molecule has 1 N–H and O–H groups in total. The van der Waals surface area contributed by atoms with E-state index in [0.29, 0.717) is 10.9 Å². The number of carbonyl (C=O) groups is 1. The van der Waals surface area contributed by atoms with E-state index in [1.165, 1.54) is 4.57 Å². The highest BCUT2D eigenvalue weighted by molar-refractivity contribution is 7.90. The van der Waals surface area contributed by atoms with E-state index in [-0.39, 0.29) is 17.9 Å². The smallest absolute Gasteiger partial charge is 0.336 e. The number of pyridine rings is 1. The summed E-state index contributed by atoms with van der Waals surface area (Å²) in [4.78, 5) is 23.1. The van der Waals surface area contributed by atoms with Crippen LogP contribution in [0.4, 0.5) is 0 Å². The second-order valence-corrected chi connectivity index (χ2v) is 6.76. The molecule has 0 spiro atoms. The SMILES string of the molecule is CS(=O)(=O)CCn1c(=O)cc(C(=O)O)c2ccccc21. The zero-order valence-electron chi connectivity index (χ0n) is 10.7. The topological polar surface area (TPSA) is 93.4 Å². The molecule has 0 saturated carbocycles. The van der Waals surface area contributed by atoms with E-state index in [0.717, 1.165) is 12.3 Å². The fourth-order valence-corrected chi connectivity index (χ4v) is 2.51. The van der Waals surface area contributed by atoms with Gasteiger partial charge in [-0.25, -0.2) is 13.2 Å². The number of benzene rings is 1. The fraction of sp³-hybridized carbons (Fsp3) is 0.231. The van der Waals surface area contributed by atoms with E-state index in [2.05, 4.69) is 0 Å². The fourth-order valence-electron chi connectivity index (χ4n) is 2.00. The quantitative estimate of drug-likeness (QED) is 0.898. The number of para-hydroxylation sites is 1. The van der Waals surface area contributed by atoms with Crippen molar-refractivity contribution < 1.29 is 18.3 Å². The number of aryl methyl sites for hydroxylation is 1. The maximum Gasteiger partial charge on any atom is 0.336 e. The van der Waals surface area contributed by atoms with Crippen LogP contribution in [0, 0.1) is 0 Å². The molecule has 1 aromatic carbocycles. The summed E-state index contributed by atoms with van der Waals surface area (Å²) in [6.45, 7) is -0.00191. The number of carboxylic acid groups (broad SMARTS) is 1. The molecule has 1 aromatic heterocycles. The van der Waals surface area contributed by atoms with Crippen molar-refractivity contribution in [2.75, 3.05) is 12.0 Å². The van der Waals surface area contributed by atoms with E-state index >= 15 is 0 Å². The number of hydrogen-bond donors (Lipinski definition) is 1. The maximum atomic E-state index is 12.0. The number of carboxylic acids is 1. The molecule has 0 bridgehead atoms. The van der Waals surface area contributed by atoms with E-state index in [1.54, 1.807) is 24.3 Å². The first-order valence-corrected chi connectivity index (χ1v) is 7.89. The average molecular weight is 295 g/mol. The summed E-state index contributed by atoms with van der Waals surface area (Å²) in [7, 11) is -3.21. The van der Waals surface area contributed by atoms with Crippen LogP contribution in [0.3, 0.4) is 0 Å². The van der Waals surface area contributed by atoms with Crippen molar-refractivity contribution in [3.63, 3.8) is 0 Å². The number of aromatic nitrogens is 1. The number of hydrogen-bond acceptors (Lipinski definition) is 4. The second-order valence-electron chi connectivity index (χ2n) is 4.50. The summed E-state index contributed by atoms with van der Waals surface area (Å²) in [5.74, 6) is -1.36. The molecule has 0 aliphatic heterocycles. The van der Waals surface area contributed by atoms with E-state index in [1.807, 2.05) is 0 Å². The Morgan fingerprint density at radius 3 is 2.55 bits per heavy atom. The highest BCUT2D eigenvalue weighted by Gasteiger charge is 2.14. The number of nitrogens with zero attached hydrogens (tertiary/aromatic N) is 1. The summed E-state index contributed by atoms with van der Waals surface area (Å²) >= 11 is 0. The number of aromatic carboxylic acids is 1. The van der Waals surface area contributed by atoms with Crippen molar-refractivity contribution in [3.8, 4) is 0 Å². The first-order chi connectivity index (χ1) is 9.29. The van der Waals surface area contributed by atoms with Crippen molar-refractivity contribution in [1.29, 1.82) is 0 Å². The van der Waals surface area contributed by atoms with E-state index < -0.39 is 21.4 Å². The minimum atomic E-state index is -3.21. The molecule has 1 heterocycles. The molecule has 0 aliphatic rings. The Morgan fingerprint density at radius 2 is 1.95 bits per heavy atom. The Balaban J connectivity index is 2.67. The van der Waals surface area contributed by atoms with E-state index in [9.17, 15) is 18.0 Å². The van der Waals surface area contributed by atoms with Gasteiger partial charge in [-0.3, -0.25) is 4.79 Å². The minimum absolute atomic E-state index is 0.00191. The molecular formula is C13H13NO5S. The summed E-state index contributed by atoms with van der Waals surface area (Å²) in [5, 5.41) is 9.52. The number of rotatable bonds is 4. The largest absolute Gasteiger partial charge is 0.478 e. The monoisotopic (exact) mass is 295 g/mol. The first kappa shape index (κ1) is 14.3. The third-order valence-corrected chi connectivity index (χ3v) is 3.86. The van der Waals surface area contributed by atoms with Crippen molar-refractivity contribution in [1.82, 2.24) is 4.57 Å². The average Bonchev–Trinajstić information content (AvgIpc) is 2.35. The van der Waals surface area contributed by atoms with Crippen LogP contribution in [0.1, 0.15) is 10.4 Å². The van der Waals surface area contributed by atoms with Crippen molar-refractivity contribution >= 4 is 26.7 Å². The van der Waals surface area contributed by atoms with Gasteiger partial charge >= 0.3 is 5.97 Å².